The summed E-state index contributed by atoms with van der Waals surface area (Å²) in [6.07, 6.45) is 4.80. The second kappa shape index (κ2) is 8.19. The number of nitrogens with zero attached hydrogens (tertiary/aromatic N) is 4. The maximum Gasteiger partial charge on any atom is 0.226 e. The zero-order chi connectivity index (χ0) is 16.8. The first-order chi connectivity index (χ1) is 11.7. The Morgan fingerprint density at radius 1 is 0.958 bits per heavy atom. The summed E-state index contributed by atoms with van der Waals surface area (Å²) in [5.41, 5.74) is 1.14. The quantitative estimate of drug-likeness (QED) is 0.579. The van der Waals surface area contributed by atoms with E-state index in [1.807, 2.05) is 18.2 Å². The van der Waals surface area contributed by atoms with Gasteiger partial charge in [0.25, 0.3) is 0 Å². The molecule has 0 saturated heterocycles. The Bertz CT molecular complexity index is 784. The Labute approximate surface area is 148 Å². The molecule has 0 aliphatic heterocycles. The fraction of sp³-hybridized carbons (Fsp3) is 0.412. The summed E-state index contributed by atoms with van der Waals surface area (Å²) in [5, 5.41) is 7.99. The number of hydrogen-bond acceptors (Lipinski definition) is 6. The van der Waals surface area contributed by atoms with Crippen LogP contribution in [-0.2, 0) is 25.7 Å². The molecule has 0 atom stereocenters. The van der Waals surface area contributed by atoms with E-state index in [2.05, 4.69) is 49.2 Å². The van der Waals surface area contributed by atoms with E-state index < -0.39 is 0 Å². The van der Waals surface area contributed by atoms with Gasteiger partial charge in [0.05, 0.1) is 0 Å². The van der Waals surface area contributed by atoms with Crippen LogP contribution in [0.3, 0.4) is 0 Å². The number of halogens is 1. The summed E-state index contributed by atoms with van der Waals surface area (Å²) in [6.45, 7) is 2.09. The van der Waals surface area contributed by atoms with E-state index in [0.717, 1.165) is 41.5 Å². The van der Waals surface area contributed by atoms with Gasteiger partial charge in [-0.3, -0.25) is 0 Å². The first-order valence-electron chi connectivity index (χ1n) is 8.10. The zero-order valence-corrected chi connectivity index (χ0v) is 15.1. The highest BCUT2D eigenvalue weighted by atomic mass is 79.9. The van der Waals surface area contributed by atoms with Crippen LogP contribution >= 0.6 is 15.9 Å². The number of rotatable bonds is 8. The van der Waals surface area contributed by atoms with Crippen LogP contribution in [0.15, 0.2) is 37.8 Å². The molecule has 0 aliphatic rings. The minimum Gasteiger partial charge on any atom is -0.339 e. The van der Waals surface area contributed by atoms with Crippen molar-refractivity contribution in [1.29, 1.82) is 0 Å². The van der Waals surface area contributed by atoms with Gasteiger partial charge in [-0.15, -0.1) is 0 Å². The fourth-order valence-corrected chi connectivity index (χ4v) is 2.85. The zero-order valence-electron chi connectivity index (χ0n) is 13.5. The Kier molecular flexibility index (Phi) is 5.74. The average Bonchev–Trinajstić information content (AvgIpc) is 3.18. The van der Waals surface area contributed by atoms with Gasteiger partial charge in [-0.25, -0.2) is 0 Å². The van der Waals surface area contributed by atoms with Crippen LogP contribution in [0.1, 0.15) is 48.8 Å². The first kappa shape index (κ1) is 16.8. The Hall–Kier alpha value is -2.02. The third kappa shape index (κ3) is 4.74. The Morgan fingerprint density at radius 2 is 1.67 bits per heavy atom. The number of benzene rings is 1. The van der Waals surface area contributed by atoms with E-state index in [4.69, 9.17) is 9.05 Å². The average molecular weight is 391 g/mol. The van der Waals surface area contributed by atoms with Gasteiger partial charge in [-0.1, -0.05) is 45.3 Å². The highest BCUT2D eigenvalue weighted by molar-refractivity contribution is 9.10. The van der Waals surface area contributed by atoms with Crippen molar-refractivity contribution in [1.82, 2.24) is 20.3 Å². The van der Waals surface area contributed by atoms with E-state index in [-0.39, 0.29) is 0 Å². The van der Waals surface area contributed by atoms with Crippen molar-refractivity contribution in [3.8, 4) is 0 Å². The van der Waals surface area contributed by atoms with Crippen molar-refractivity contribution in [3.63, 3.8) is 0 Å². The predicted octanol–water partition coefficient (Wildman–Crippen LogP) is 3.93. The third-order valence-electron chi connectivity index (χ3n) is 3.53. The topological polar surface area (TPSA) is 77.8 Å². The molecule has 0 bridgehead atoms. The maximum atomic E-state index is 5.31. The monoisotopic (exact) mass is 390 g/mol. The SMILES string of the molecule is CCCc1noc(CCCc2nc(Cc3cccc(Br)c3)no2)n1. The van der Waals surface area contributed by atoms with Crippen LogP contribution in [-0.4, -0.2) is 20.3 Å². The summed E-state index contributed by atoms with van der Waals surface area (Å²) in [7, 11) is 0. The summed E-state index contributed by atoms with van der Waals surface area (Å²) >= 11 is 3.46. The molecule has 0 fully saturated rings. The molecule has 3 aromatic rings. The summed E-state index contributed by atoms with van der Waals surface area (Å²) in [5.74, 6) is 2.80. The van der Waals surface area contributed by atoms with Gasteiger partial charge in [-0.05, 0) is 30.5 Å². The van der Waals surface area contributed by atoms with E-state index in [9.17, 15) is 0 Å². The molecule has 0 N–H and O–H groups in total. The molecular formula is C17H19BrN4O2. The van der Waals surface area contributed by atoms with Crippen LogP contribution in [0.4, 0.5) is 0 Å². The second-order valence-electron chi connectivity index (χ2n) is 5.62. The Morgan fingerprint density at radius 3 is 2.38 bits per heavy atom. The number of aromatic nitrogens is 4. The van der Waals surface area contributed by atoms with Crippen molar-refractivity contribution in [3.05, 3.63) is 57.7 Å². The van der Waals surface area contributed by atoms with E-state index >= 15 is 0 Å². The summed E-state index contributed by atoms with van der Waals surface area (Å²) in [4.78, 5) is 8.79. The molecular weight excluding hydrogens is 372 g/mol. The lowest BCUT2D eigenvalue weighted by atomic mass is 10.1. The van der Waals surface area contributed by atoms with Gasteiger partial charge in [0.15, 0.2) is 11.6 Å². The van der Waals surface area contributed by atoms with E-state index in [0.29, 0.717) is 30.4 Å². The molecule has 0 aliphatic carbocycles. The van der Waals surface area contributed by atoms with Gasteiger partial charge < -0.3 is 9.05 Å². The molecule has 24 heavy (non-hydrogen) atoms. The lowest BCUT2D eigenvalue weighted by Crippen LogP contribution is -1.93. The Balaban J connectivity index is 1.48. The summed E-state index contributed by atoms with van der Waals surface area (Å²) in [6, 6.07) is 8.09. The van der Waals surface area contributed by atoms with Gasteiger partial charge in [0, 0.05) is 30.2 Å². The van der Waals surface area contributed by atoms with Gasteiger partial charge in [0.1, 0.15) is 0 Å². The number of hydrogen-bond donors (Lipinski definition) is 0. The largest absolute Gasteiger partial charge is 0.339 e. The molecule has 0 amide bonds. The smallest absolute Gasteiger partial charge is 0.226 e. The molecule has 0 saturated carbocycles. The molecule has 7 heteroatoms. The molecule has 2 aromatic heterocycles. The molecule has 0 unspecified atom stereocenters. The van der Waals surface area contributed by atoms with Crippen molar-refractivity contribution in [2.45, 2.75) is 45.4 Å². The van der Waals surface area contributed by atoms with E-state index in [1.54, 1.807) is 0 Å². The normalized spacial score (nSPS) is 11.1. The highest BCUT2D eigenvalue weighted by Crippen LogP contribution is 2.14. The lowest BCUT2D eigenvalue weighted by Gasteiger charge is -1.96. The molecule has 1 aromatic carbocycles. The standard InChI is InChI=1S/C17H19BrN4O2/c1-2-5-14-19-16(23-21-14)8-4-9-17-20-15(22-24-17)11-12-6-3-7-13(18)10-12/h3,6-7,10H,2,4-5,8-9,11H2,1H3. The third-order valence-corrected chi connectivity index (χ3v) is 4.02. The molecule has 3 rings (SSSR count). The van der Waals surface area contributed by atoms with Crippen molar-refractivity contribution in [2.24, 2.45) is 0 Å². The van der Waals surface area contributed by atoms with Crippen LogP contribution in [0.5, 0.6) is 0 Å². The molecule has 0 spiro atoms. The van der Waals surface area contributed by atoms with Gasteiger partial charge in [0.2, 0.25) is 11.8 Å². The minimum absolute atomic E-state index is 0.647. The first-order valence-corrected chi connectivity index (χ1v) is 8.89. The fourth-order valence-electron chi connectivity index (χ4n) is 2.40. The van der Waals surface area contributed by atoms with Crippen LogP contribution < -0.4 is 0 Å². The van der Waals surface area contributed by atoms with Gasteiger partial charge >= 0.3 is 0 Å². The summed E-state index contributed by atoms with van der Waals surface area (Å²) < 4.78 is 11.6. The van der Waals surface area contributed by atoms with Crippen LogP contribution in [0.2, 0.25) is 0 Å². The highest BCUT2D eigenvalue weighted by Gasteiger charge is 2.10. The molecule has 126 valence electrons. The maximum absolute atomic E-state index is 5.31. The minimum atomic E-state index is 0.647. The number of aryl methyl sites for hydroxylation is 3. The van der Waals surface area contributed by atoms with E-state index in [1.165, 1.54) is 0 Å². The van der Waals surface area contributed by atoms with Crippen molar-refractivity contribution >= 4 is 15.9 Å². The van der Waals surface area contributed by atoms with Gasteiger partial charge in [-0.2, -0.15) is 9.97 Å². The molecule has 6 nitrogen and oxygen atoms in total. The lowest BCUT2D eigenvalue weighted by molar-refractivity contribution is 0.355. The van der Waals surface area contributed by atoms with Crippen LogP contribution in [0.25, 0.3) is 0 Å². The molecule has 2 heterocycles. The second-order valence-corrected chi connectivity index (χ2v) is 6.53. The molecule has 0 radical (unpaired) electrons. The van der Waals surface area contributed by atoms with Crippen molar-refractivity contribution < 1.29 is 9.05 Å². The predicted molar refractivity (Wildman–Crippen MR) is 91.6 cm³/mol. The van der Waals surface area contributed by atoms with Crippen LogP contribution in [0, 0.1) is 0 Å². The van der Waals surface area contributed by atoms with Crippen molar-refractivity contribution in [2.75, 3.05) is 0 Å².